The summed E-state index contributed by atoms with van der Waals surface area (Å²) in [5.74, 6) is -2.94. The first-order chi connectivity index (χ1) is 13.2. The summed E-state index contributed by atoms with van der Waals surface area (Å²) >= 11 is 0. The van der Waals surface area contributed by atoms with Gasteiger partial charge in [0.1, 0.15) is 0 Å². The number of aryl methyl sites for hydroxylation is 1. The Kier molecular flexibility index (Phi) is 5.66. The maximum atomic E-state index is 12.0. The second-order valence-corrected chi connectivity index (χ2v) is 7.50. The molecule has 0 spiro atoms. The summed E-state index contributed by atoms with van der Waals surface area (Å²) in [6.07, 6.45) is 3.06. The molecule has 2 N–H and O–H groups in total. The number of primary amides is 1. The number of cyclic esters (lactones) is 1. The Balaban J connectivity index is 1.67. The molecule has 2 aromatic carbocycles. The number of ether oxygens (including phenoxy) is 2. The van der Waals surface area contributed by atoms with Gasteiger partial charge in [0.25, 0.3) is 0 Å². The van der Waals surface area contributed by atoms with Crippen LogP contribution in [0.1, 0.15) is 31.4 Å². The van der Waals surface area contributed by atoms with Crippen LogP contribution in [0, 0.1) is 12.8 Å². The zero-order valence-electron chi connectivity index (χ0n) is 16.3. The van der Waals surface area contributed by atoms with Gasteiger partial charge in [-0.25, -0.2) is 4.79 Å². The first-order valence-electron chi connectivity index (χ1n) is 9.29. The van der Waals surface area contributed by atoms with E-state index in [-0.39, 0.29) is 0 Å². The van der Waals surface area contributed by atoms with E-state index >= 15 is 0 Å². The number of amides is 1. The van der Waals surface area contributed by atoms with Gasteiger partial charge in [-0.15, -0.1) is 0 Å². The minimum atomic E-state index is -1.04. The highest BCUT2D eigenvalue weighted by atomic mass is 16.8. The molecule has 0 radical (unpaired) electrons. The number of benzene rings is 2. The minimum absolute atomic E-state index is 0.296. The molecule has 0 aromatic heterocycles. The van der Waals surface area contributed by atoms with Gasteiger partial charge in [-0.3, -0.25) is 4.79 Å². The van der Waals surface area contributed by atoms with Crippen LogP contribution in [-0.4, -0.2) is 23.8 Å². The minimum Gasteiger partial charge on any atom is -0.432 e. The van der Waals surface area contributed by atoms with E-state index in [0.29, 0.717) is 6.42 Å². The summed E-state index contributed by atoms with van der Waals surface area (Å²) in [5, 5.41) is 0. The molecule has 1 aliphatic rings. The number of nitrogens with two attached hydrogens (primary N) is 1. The largest absolute Gasteiger partial charge is 0.432 e. The Morgan fingerprint density at radius 2 is 1.89 bits per heavy atom. The van der Waals surface area contributed by atoms with E-state index in [1.165, 1.54) is 11.1 Å². The van der Waals surface area contributed by atoms with Crippen molar-refractivity contribution in [3.63, 3.8) is 0 Å². The quantitative estimate of drug-likeness (QED) is 0.774. The van der Waals surface area contributed by atoms with Crippen LogP contribution in [0.3, 0.4) is 0 Å². The third-order valence-corrected chi connectivity index (χ3v) is 4.68. The highest BCUT2D eigenvalue weighted by molar-refractivity contribution is 5.87. The third kappa shape index (κ3) is 4.67. The standard InChI is InChI=1S/C23H25NO4/c1-15-6-4-8-18(14-15)17-12-10-16(11-13-17)7-5-9-19(21(24)25)20-22(26)28-23(2,3)27-20/h4-8,10-14,19-20H,9H2,1-3H3,(H2,24,25)/b7-5+/t19?,20-/m0/s1. The fourth-order valence-corrected chi connectivity index (χ4v) is 3.28. The van der Waals surface area contributed by atoms with Gasteiger partial charge in [0.05, 0.1) is 5.92 Å². The molecule has 5 nitrogen and oxygen atoms in total. The van der Waals surface area contributed by atoms with E-state index < -0.39 is 29.7 Å². The molecule has 5 heteroatoms. The van der Waals surface area contributed by atoms with Crippen LogP contribution >= 0.6 is 0 Å². The Hall–Kier alpha value is -2.92. The Morgan fingerprint density at radius 3 is 2.46 bits per heavy atom. The number of esters is 1. The van der Waals surface area contributed by atoms with Crippen molar-refractivity contribution in [2.24, 2.45) is 11.7 Å². The van der Waals surface area contributed by atoms with Gasteiger partial charge < -0.3 is 15.2 Å². The van der Waals surface area contributed by atoms with Crippen molar-refractivity contribution in [1.82, 2.24) is 0 Å². The maximum Gasteiger partial charge on any atom is 0.338 e. The Bertz CT molecular complexity index is 899. The van der Waals surface area contributed by atoms with E-state index in [2.05, 4.69) is 37.3 Å². The molecule has 0 saturated carbocycles. The molecule has 1 aliphatic heterocycles. The average molecular weight is 379 g/mol. The van der Waals surface area contributed by atoms with Crippen molar-refractivity contribution in [3.05, 3.63) is 65.7 Å². The van der Waals surface area contributed by atoms with E-state index in [1.54, 1.807) is 13.8 Å². The highest BCUT2D eigenvalue weighted by Crippen LogP contribution is 2.30. The molecule has 28 heavy (non-hydrogen) atoms. The molecular formula is C23H25NO4. The van der Waals surface area contributed by atoms with Crippen LogP contribution in [0.4, 0.5) is 0 Å². The van der Waals surface area contributed by atoms with Gasteiger partial charge >= 0.3 is 5.97 Å². The van der Waals surface area contributed by atoms with Gasteiger partial charge in [0.15, 0.2) is 6.10 Å². The Labute approximate surface area is 165 Å². The molecule has 2 aromatic rings. The predicted molar refractivity (Wildman–Crippen MR) is 108 cm³/mol. The molecule has 1 saturated heterocycles. The summed E-state index contributed by atoms with van der Waals surface area (Å²) in [6.45, 7) is 5.34. The second-order valence-electron chi connectivity index (χ2n) is 7.50. The SMILES string of the molecule is Cc1cccc(-c2ccc(/C=C/CC(C(N)=O)[C@@H]3OC(C)(C)OC3=O)cc2)c1. The van der Waals surface area contributed by atoms with Crippen molar-refractivity contribution in [2.75, 3.05) is 0 Å². The zero-order chi connectivity index (χ0) is 20.3. The smallest absolute Gasteiger partial charge is 0.338 e. The normalized spacial score (nSPS) is 19.5. The number of rotatable bonds is 6. The summed E-state index contributed by atoms with van der Waals surface area (Å²) in [7, 11) is 0. The van der Waals surface area contributed by atoms with Gasteiger partial charge in [0.2, 0.25) is 11.7 Å². The van der Waals surface area contributed by atoms with Crippen molar-refractivity contribution in [1.29, 1.82) is 0 Å². The lowest BCUT2D eigenvalue weighted by Gasteiger charge is -2.18. The van der Waals surface area contributed by atoms with E-state index in [9.17, 15) is 9.59 Å². The summed E-state index contributed by atoms with van der Waals surface area (Å²) < 4.78 is 10.7. The van der Waals surface area contributed by atoms with Gasteiger partial charge in [-0.2, -0.15) is 0 Å². The van der Waals surface area contributed by atoms with Crippen LogP contribution in [-0.2, 0) is 19.1 Å². The van der Waals surface area contributed by atoms with Crippen molar-refractivity contribution in [3.8, 4) is 11.1 Å². The van der Waals surface area contributed by atoms with Crippen LogP contribution in [0.25, 0.3) is 17.2 Å². The van der Waals surface area contributed by atoms with E-state index in [4.69, 9.17) is 15.2 Å². The van der Waals surface area contributed by atoms with Crippen molar-refractivity contribution in [2.45, 2.75) is 39.1 Å². The number of carbonyl (C=O) groups excluding carboxylic acids is 2. The Morgan fingerprint density at radius 1 is 1.18 bits per heavy atom. The van der Waals surface area contributed by atoms with Crippen LogP contribution in [0.15, 0.2) is 54.6 Å². The lowest BCUT2D eigenvalue weighted by atomic mass is 9.96. The van der Waals surface area contributed by atoms with Gasteiger partial charge in [0, 0.05) is 13.8 Å². The maximum absolute atomic E-state index is 12.0. The average Bonchev–Trinajstić information content (AvgIpc) is 2.91. The molecule has 1 fully saturated rings. The monoisotopic (exact) mass is 379 g/mol. The number of allylic oxidation sites excluding steroid dienone is 1. The summed E-state index contributed by atoms with van der Waals surface area (Å²) in [6, 6.07) is 16.5. The summed E-state index contributed by atoms with van der Waals surface area (Å²) in [4.78, 5) is 23.8. The van der Waals surface area contributed by atoms with Gasteiger partial charge in [-0.1, -0.05) is 66.2 Å². The molecular weight excluding hydrogens is 354 g/mol. The third-order valence-electron chi connectivity index (χ3n) is 4.68. The zero-order valence-corrected chi connectivity index (χ0v) is 16.3. The van der Waals surface area contributed by atoms with Crippen LogP contribution < -0.4 is 5.73 Å². The number of hydrogen-bond donors (Lipinski definition) is 1. The molecule has 3 rings (SSSR count). The van der Waals surface area contributed by atoms with Gasteiger partial charge in [-0.05, 0) is 30.0 Å². The lowest BCUT2D eigenvalue weighted by molar-refractivity contribution is -0.161. The second kappa shape index (κ2) is 7.98. The highest BCUT2D eigenvalue weighted by Gasteiger charge is 2.46. The number of carbonyl (C=O) groups is 2. The van der Waals surface area contributed by atoms with Crippen LogP contribution in [0.5, 0.6) is 0 Å². The van der Waals surface area contributed by atoms with E-state index in [1.807, 2.05) is 30.4 Å². The fourth-order valence-electron chi connectivity index (χ4n) is 3.28. The molecule has 146 valence electrons. The predicted octanol–water partition coefficient (Wildman–Crippen LogP) is 3.84. The van der Waals surface area contributed by atoms with Crippen molar-refractivity contribution < 1.29 is 19.1 Å². The molecule has 0 aliphatic carbocycles. The molecule has 0 bridgehead atoms. The molecule has 2 atom stereocenters. The molecule has 1 amide bonds. The van der Waals surface area contributed by atoms with Crippen molar-refractivity contribution >= 4 is 18.0 Å². The lowest BCUT2D eigenvalue weighted by Crippen LogP contribution is -2.37. The topological polar surface area (TPSA) is 78.6 Å². The molecule has 1 unspecified atom stereocenters. The summed E-state index contributed by atoms with van der Waals surface area (Å²) in [5.41, 5.74) is 10.0. The number of hydrogen-bond acceptors (Lipinski definition) is 4. The van der Waals surface area contributed by atoms with Crippen LogP contribution in [0.2, 0.25) is 0 Å². The first kappa shape index (κ1) is 19.8. The fraction of sp³-hybridized carbons (Fsp3) is 0.304. The molecule has 1 heterocycles. The first-order valence-corrected chi connectivity index (χ1v) is 9.29. The van der Waals surface area contributed by atoms with E-state index in [0.717, 1.165) is 11.1 Å².